The second-order valence-corrected chi connectivity index (χ2v) is 7.10. The smallest absolute Gasteiger partial charge is 0.259 e. The number of nitrogens with zero attached hydrogens (tertiary/aromatic N) is 2. The summed E-state index contributed by atoms with van der Waals surface area (Å²) >= 11 is 6.08. The van der Waals surface area contributed by atoms with E-state index in [1.165, 1.54) is 7.11 Å². The van der Waals surface area contributed by atoms with E-state index in [0.717, 1.165) is 11.1 Å². The number of benzene rings is 2. The highest BCUT2D eigenvalue weighted by molar-refractivity contribution is 6.31. The van der Waals surface area contributed by atoms with Gasteiger partial charge in [0.05, 0.1) is 35.1 Å². The molecular formula is C22H18ClN3O3. The van der Waals surface area contributed by atoms with E-state index in [2.05, 4.69) is 15.5 Å². The van der Waals surface area contributed by atoms with Gasteiger partial charge in [0.25, 0.3) is 11.6 Å². The Bertz CT molecular complexity index is 1220. The van der Waals surface area contributed by atoms with Gasteiger partial charge < -0.3 is 14.6 Å². The third-order valence-electron chi connectivity index (χ3n) is 4.62. The number of nitrogens with one attached hydrogen (secondary N) is 1. The first-order valence-corrected chi connectivity index (χ1v) is 9.33. The summed E-state index contributed by atoms with van der Waals surface area (Å²) < 4.78 is 10.7. The molecule has 4 aromatic rings. The highest BCUT2D eigenvalue weighted by Crippen LogP contribution is 2.31. The van der Waals surface area contributed by atoms with E-state index >= 15 is 0 Å². The Kier molecular flexibility index (Phi) is 4.94. The van der Waals surface area contributed by atoms with Crippen LogP contribution in [0.15, 0.2) is 53.1 Å². The molecule has 2 heterocycles. The van der Waals surface area contributed by atoms with Gasteiger partial charge in [-0.3, -0.25) is 4.79 Å². The summed E-state index contributed by atoms with van der Waals surface area (Å²) in [6, 6.07) is 14.7. The van der Waals surface area contributed by atoms with Gasteiger partial charge in [-0.1, -0.05) is 46.6 Å². The summed E-state index contributed by atoms with van der Waals surface area (Å²) in [5, 5.41) is 7.91. The molecule has 7 heteroatoms. The Balaban J connectivity index is 1.81. The van der Waals surface area contributed by atoms with E-state index in [1.54, 1.807) is 31.2 Å². The Hall–Kier alpha value is -3.38. The molecule has 0 aliphatic carbocycles. The van der Waals surface area contributed by atoms with Crippen LogP contribution in [-0.2, 0) is 0 Å². The number of aromatic nitrogens is 2. The van der Waals surface area contributed by atoms with Gasteiger partial charge >= 0.3 is 0 Å². The molecule has 0 saturated heterocycles. The Morgan fingerprint density at radius 3 is 2.59 bits per heavy atom. The highest BCUT2D eigenvalue weighted by atomic mass is 35.5. The molecule has 2 aromatic carbocycles. The molecule has 0 aliphatic heterocycles. The van der Waals surface area contributed by atoms with Gasteiger partial charge in [0, 0.05) is 10.6 Å². The van der Waals surface area contributed by atoms with Crippen molar-refractivity contribution >= 4 is 34.3 Å². The van der Waals surface area contributed by atoms with E-state index in [0.29, 0.717) is 44.5 Å². The highest BCUT2D eigenvalue weighted by Gasteiger charge is 2.20. The summed E-state index contributed by atoms with van der Waals surface area (Å²) in [7, 11) is 1.53. The van der Waals surface area contributed by atoms with E-state index in [1.807, 2.05) is 31.2 Å². The number of fused-ring (bicyclic) bond motifs is 1. The molecule has 4 rings (SSSR count). The fourth-order valence-corrected chi connectivity index (χ4v) is 3.29. The number of carbonyl (C=O) groups is 1. The number of hydrogen-bond donors (Lipinski definition) is 1. The average molecular weight is 408 g/mol. The van der Waals surface area contributed by atoms with Crippen LogP contribution in [0.2, 0.25) is 5.02 Å². The van der Waals surface area contributed by atoms with Crippen LogP contribution < -0.4 is 10.1 Å². The first-order valence-electron chi connectivity index (χ1n) is 8.95. The van der Waals surface area contributed by atoms with E-state index in [9.17, 15) is 4.79 Å². The number of amides is 1. The van der Waals surface area contributed by atoms with Crippen molar-refractivity contribution in [1.82, 2.24) is 10.1 Å². The Labute approximate surface area is 172 Å². The molecular weight excluding hydrogens is 390 g/mol. The van der Waals surface area contributed by atoms with Crippen LogP contribution in [0.3, 0.4) is 0 Å². The molecule has 29 heavy (non-hydrogen) atoms. The molecule has 0 bridgehead atoms. The summed E-state index contributed by atoms with van der Waals surface area (Å²) in [6.45, 7) is 3.78. The first kappa shape index (κ1) is 19.0. The molecule has 0 radical (unpaired) electrons. The zero-order chi connectivity index (χ0) is 20.5. The maximum atomic E-state index is 13.2. The average Bonchev–Trinajstić information content (AvgIpc) is 3.09. The van der Waals surface area contributed by atoms with E-state index < -0.39 is 0 Å². The Morgan fingerprint density at radius 2 is 1.86 bits per heavy atom. The topological polar surface area (TPSA) is 77.2 Å². The Morgan fingerprint density at radius 1 is 1.10 bits per heavy atom. The molecule has 1 amide bonds. The number of methoxy groups -OCH3 is 1. The molecule has 0 aliphatic rings. The number of ether oxygens (including phenoxy) is 1. The number of halogens is 1. The van der Waals surface area contributed by atoms with Crippen molar-refractivity contribution < 1.29 is 14.1 Å². The summed E-state index contributed by atoms with van der Waals surface area (Å²) in [5.41, 5.74) is 4.41. The summed E-state index contributed by atoms with van der Waals surface area (Å²) in [5.74, 6) is 0.173. The second-order valence-electron chi connectivity index (χ2n) is 6.67. The SMILES string of the molecule is COc1ccc(Cl)cc1NC(=O)c1cc(-c2ccc(C)cc2)nc2onc(C)c12. The standard InChI is InChI=1S/C22H18ClN3O3/c1-12-4-6-14(7-5-12)17-11-16(20-13(2)26-29-22(20)25-17)21(27)24-18-10-15(23)8-9-19(18)28-3/h4-11H,1-3H3,(H,24,27). The van der Waals surface area contributed by atoms with Gasteiger partial charge in [-0.15, -0.1) is 0 Å². The minimum absolute atomic E-state index is 0.309. The maximum Gasteiger partial charge on any atom is 0.259 e. The van der Waals surface area contributed by atoms with Crippen molar-refractivity contribution in [2.45, 2.75) is 13.8 Å². The van der Waals surface area contributed by atoms with Crippen LogP contribution in [0, 0.1) is 13.8 Å². The number of hydrogen-bond acceptors (Lipinski definition) is 5. The fraction of sp³-hybridized carbons (Fsp3) is 0.136. The van der Waals surface area contributed by atoms with E-state index in [-0.39, 0.29) is 5.91 Å². The van der Waals surface area contributed by atoms with Crippen molar-refractivity contribution in [3.05, 3.63) is 70.4 Å². The van der Waals surface area contributed by atoms with Gasteiger partial charge in [0.1, 0.15) is 5.75 Å². The lowest BCUT2D eigenvalue weighted by Gasteiger charge is -2.12. The normalized spacial score (nSPS) is 10.9. The zero-order valence-corrected chi connectivity index (χ0v) is 16.9. The molecule has 146 valence electrons. The van der Waals surface area contributed by atoms with Crippen molar-refractivity contribution in [2.24, 2.45) is 0 Å². The molecule has 6 nitrogen and oxygen atoms in total. The fourth-order valence-electron chi connectivity index (χ4n) is 3.11. The van der Waals surface area contributed by atoms with Crippen LogP contribution in [0.4, 0.5) is 5.69 Å². The largest absolute Gasteiger partial charge is 0.495 e. The molecule has 2 aromatic heterocycles. The van der Waals surface area contributed by atoms with Crippen LogP contribution >= 0.6 is 11.6 Å². The molecule has 0 spiro atoms. The maximum absolute atomic E-state index is 13.2. The molecule has 0 atom stereocenters. The number of aryl methyl sites for hydroxylation is 2. The van der Waals surface area contributed by atoms with Crippen molar-refractivity contribution in [1.29, 1.82) is 0 Å². The van der Waals surface area contributed by atoms with Gasteiger partial charge in [-0.2, -0.15) is 0 Å². The van der Waals surface area contributed by atoms with Crippen molar-refractivity contribution in [3.8, 4) is 17.0 Å². The van der Waals surface area contributed by atoms with E-state index in [4.69, 9.17) is 20.9 Å². The number of rotatable bonds is 4. The quantitative estimate of drug-likeness (QED) is 0.488. The van der Waals surface area contributed by atoms with Crippen LogP contribution in [0.1, 0.15) is 21.6 Å². The first-order chi connectivity index (χ1) is 14.0. The van der Waals surface area contributed by atoms with Crippen molar-refractivity contribution in [2.75, 3.05) is 12.4 Å². The van der Waals surface area contributed by atoms with Crippen LogP contribution in [0.5, 0.6) is 5.75 Å². The molecule has 0 unspecified atom stereocenters. The third-order valence-corrected chi connectivity index (χ3v) is 4.85. The number of anilines is 1. The van der Waals surface area contributed by atoms with Crippen molar-refractivity contribution in [3.63, 3.8) is 0 Å². The van der Waals surface area contributed by atoms with Crippen LogP contribution in [0.25, 0.3) is 22.4 Å². The minimum atomic E-state index is -0.336. The predicted octanol–water partition coefficient (Wildman–Crippen LogP) is 5.42. The minimum Gasteiger partial charge on any atom is -0.495 e. The van der Waals surface area contributed by atoms with Gasteiger partial charge in [-0.05, 0) is 38.1 Å². The third kappa shape index (κ3) is 3.67. The zero-order valence-electron chi connectivity index (χ0n) is 16.1. The summed E-state index contributed by atoms with van der Waals surface area (Å²) in [6.07, 6.45) is 0. The van der Waals surface area contributed by atoms with Crippen LogP contribution in [-0.4, -0.2) is 23.2 Å². The predicted molar refractivity (Wildman–Crippen MR) is 113 cm³/mol. The molecule has 0 saturated carbocycles. The molecule has 0 fully saturated rings. The van der Waals surface area contributed by atoms with Gasteiger partial charge in [-0.25, -0.2) is 4.98 Å². The summed E-state index contributed by atoms with van der Waals surface area (Å²) in [4.78, 5) is 17.7. The second kappa shape index (κ2) is 7.56. The number of carbonyl (C=O) groups excluding carboxylic acids is 1. The monoisotopic (exact) mass is 407 g/mol. The molecule has 1 N–H and O–H groups in total. The number of pyridine rings is 1. The van der Waals surface area contributed by atoms with Gasteiger partial charge in [0.2, 0.25) is 0 Å². The lowest BCUT2D eigenvalue weighted by molar-refractivity contribution is 0.102. The lowest BCUT2D eigenvalue weighted by atomic mass is 10.0. The van der Waals surface area contributed by atoms with Gasteiger partial charge in [0.15, 0.2) is 0 Å². The lowest BCUT2D eigenvalue weighted by Crippen LogP contribution is -2.14.